The van der Waals surface area contributed by atoms with Crippen LogP contribution in [0.1, 0.15) is 17.3 Å². The van der Waals surface area contributed by atoms with Gasteiger partial charge in [0.05, 0.1) is 6.04 Å². The lowest BCUT2D eigenvalue weighted by Crippen LogP contribution is -2.34. The highest BCUT2D eigenvalue weighted by Crippen LogP contribution is 1.91. The number of nitrogens with two attached hydrogens (primary N) is 1. The highest BCUT2D eigenvalue weighted by atomic mass is 16.2. The molecule has 0 unspecified atom stereocenters. The first-order valence-corrected chi connectivity index (χ1v) is 3.64. The van der Waals surface area contributed by atoms with Gasteiger partial charge in [-0.25, -0.2) is 4.79 Å². The lowest BCUT2D eigenvalue weighted by atomic mass is 10.1. The van der Waals surface area contributed by atoms with E-state index in [4.69, 9.17) is 5.73 Å². The molecular weight excluding hydrogens is 174 g/mol. The molecule has 0 spiro atoms. The number of aromatic nitrogens is 2. The summed E-state index contributed by atoms with van der Waals surface area (Å²) in [7, 11) is 0. The van der Waals surface area contributed by atoms with Crippen molar-refractivity contribution in [1.29, 1.82) is 0 Å². The number of carbonyl (C=O) groups excluding carboxylic acids is 1. The Hall–Kier alpha value is -1.69. The van der Waals surface area contributed by atoms with Gasteiger partial charge in [-0.1, -0.05) is 0 Å². The minimum Gasteiger partial charge on any atom is -0.321 e. The van der Waals surface area contributed by atoms with Crippen LogP contribution in [0.5, 0.6) is 0 Å². The zero-order valence-corrected chi connectivity index (χ0v) is 6.96. The third-order valence-corrected chi connectivity index (χ3v) is 1.50. The minimum atomic E-state index is -0.757. The van der Waals surface area contributed by atoms with Crippen molar-refractivity contribution in [2.45, 2.75) is 13.0 Å². The standard InChI is InChI=1S/C7H9N3O3/c1-3(8)5(11)4-2-9-7(13)10-6(4)12/h2-3H,8H2,1H3,(H2,9,10,12,13)/t3-/m0/s1. The van der Waals surface area contributed by atoms with Gasteiger partial charge in [-0.05, 0) is 6.92 Å². The van der Waals surface area contributed by atoms with E-state index in [-0.39, 0.29) is 5.56 Å². The van der Waals surface area contributed by atoms with Crippen LogP contribution in [0.15, 0.2) is 15.8 Å². The lowest BCUT2D eigenvalue weighted by molar-refractivity contribution is 0.0966. The van der Waals surface area contributed by atoms with Crippen molar-refractivity contribution >= 4 is 5.78 Å². The topological polar surface area (TPSA) is 109 Å². The molecule has 6 heteroatoms. The maximum atomic E-state index is 11.2. The molecule has 13 heavy (non-hydrogen) atoms. The Balaban J connectivity index is 3.25. The van der Waals surface area contributed by atoms with Gasteiger partial charge in [0.2, 0.25) is 0 Å². The first-order chi connectivity index (χ1) is 6.02. The Bertz CT molecular complexity index is 429. The predicted molar refractivity (Wildman–Crippen MR) is 45.7 cm³/mol. The van der Waals surface area contributed by atoms with Gasteiger partial charge in [0.1, 0.15) is 5.56 Å². The molecule has 0 radical (unpaired) electrons. The van der Waals surface area contributed by atoms with E-state index in [1.807, 2.05) is 4.98 Å². The Labute approximate surface area is 72.8 Å². The monoisotopic (exact) mass is 183 g/mol. The van der Waals surface area contributed by atoms with E-state index in [1.165, 1.54) is 6.92 Å². The molecule has 1 rings (SSSR count). The van der Waals surface area contributed by atoms with Crippen molar-refractivity contribution in [3.05, 3.63) is 32.6 Å². The van der Waals surface area contributed by atoms with E-state index in [0.29, 0.717) is 0 Å². The molecule has 0 aliphatic carbocycles. The molecule has 0 aliphatic heterocycles. The number of hydrogen-bond donors (Lipinski definition) is 3. The Morgan fingerprint density at radius 3 is 2.62 bits per heavy atom. The third-order valence-electron chi connectivity index (χ3n) is 1.50. The normalized spacial score (nSPS) is 12.5. The zero-order valence-electron chi connectivity index (χ0n) is 6.96. The number of rotatable bonds is 2. The fourth-order valence-electron chi connectivity index (χ4n) is 0.838. The van der Waals surface area contributed by atoms with Gasteiger partial charge in [-0.2, -0.15) is 0 Å². The van der Waals surface area contributed by atoms with Gasteiger partial charge >= 0.3 is 5.69 Å². The van der Waals surface area contributed by atoms with E-state index in [0.717, 1.165) is 6.20 Å². The van der Waals surface area contributed by atoms with Crippen molar-refractivity contribution in [2.75, 3.05) is 0 Å². The minimum absolute atomic E-state index is 0.130. The van der Waals surface area contributed by atoms with Gasteiger partial charge in [0.15, 0.2) is 5.78 Å². The van der Waals surface area contributed by atoms with Gasteiger partial charge in [-0.3, -0.25) is 14.6 Å². The van der Waals surface area contributed by atoms with Crippen molar-refractivity contribution in [3.8, 4) is 0 Å². The number of hydrogen-bond acceptors (Lipinski definition) is 4. The Kier molecular flexibility index (Phi) is 2.43. The molecule has 6 nitrogen and oxygen atoms in total. The summed E-state index contributed by atoms with van der Waals surface area (Å²) in [5.41, 5.74) is 3.79. The lowest BCUT2D eigenvalue weighted by Gasteiger charge is -2.01. The summed E-state index contributed by atoms with van der Waals surface area (Å²) in [4.78, 5) is 36.9. The maximum absolute atomic E-state index is 11.2. The SMILES string of the molecule is C[C@H](N)C(=O)c1c[nH]c(=O)[nH]c1=O. The molecule has 70 valence electrons. The van der Waals surface area contributed by atoms with Crippen LogP contribution < -0.4 is 17.0 Å². The molecule has 1 aromatic heterocycles. The van der Waals surface area contributed by atoms with Crippen molar-refractivity contribution in [2.24, 2.45) is 5.73 Å². The number of aromatic amines is 2. The first kappa shape index (κ1) is 9.40. The molecule has 4 N–H and O–H groups in total. The van der Waals surface area contributed by atoms with Crippen LogP contribution in [0.3, 0.4) is 0 Å². The third kappa shape index (κ3) is 1.91. The smallest absolute Gasteiger partial charge is 0.321 e. The summed E-state index contributed by atoms with van der Waals surface area (Å²) < 4.78 is 0. The number of ketones is 1. The van der Waals surface area contributed by atoms with Gasteiger partial charge in [0, 0.05) is 6.20 Å². The summed E-state index contributed by atoms with van der Waals surface area (Å²) in [5, 5.41) is 0. The fraction of sp³-hybridized carbons (Fsp3) is 0.286. The molecule has 0 amide bonds. The summed E-state index contributed by atoms with van der Waals surface area (Å²) in [6.45, 7) is 1.47. The number of carbonyl (C=O) groups is 1. The second-order valence-corrected chi connectivity index (χ2v) is 2.64. The highest BCUT2D eigenvalue weighted by molar-refractivity contribution is 5.99. The van der Waals surface area contributed by atoms with Gasteiger partial charge in [-0.15, -0.1) is 0 Å². The summed E-state index contributed by atoms with van der Waals surface area (Å²) in [6.07, 6.45) is 1.06. The number of nitrogens with one attached hydrogen (secondary N) is 2. The Morgan fingerprint density at radius 2 is 2.15 bits per heavy atom. The molecule has 1 heterocycles. The zero-order chi connectivity index (χ0) is 10.0. The highest BCUT2D eigenvalue weighted by Gasteiger charge is 2.14. The van der Waals surface area contributed by atoms with E-state index >= 15 is 0 Å². The second-order valence-electron chi connectivity index (χ2n) is 2.64. The number of Topliss-reactive ketones (excluding diaryl/α,β-unsaturated/α-hetero) is 1. The van der Waals surface area contributed by atoms with Gasteiger partial charge < -0.3 is 10.7 Å². The predicted octanol–water partition coefficient (Wildman–Crippen LogP) is -1.41. The summed E-state index contributed by atoms with van der Waals surface area (Å²) in [5.74, 6) is -0.502. The first-order valence-electron chi connectivity index (χ1n) is 3.64. The van der Waals surface area contributed by atoms with Crippen LogP contribution >= 0.6 is 0 Å². The van der Waals surface area contributed by atoms with Crippen molar-refractivity contribution in [1.82, 2.24) is 9.97 Å². The van der Waals surface area contributed by atoms with Crippen molar-refractivity contribution < 1.29 is 4.79 Å². The average molecular weight is 183 g/mol. The molecule has 0 saturated heterocycles. The molecule has 1 atom stereocenters. The van der Waals surface area contributed by atoms with E-state index in [1.54, 1.807) is 0 Å². The molecule has 0 aromatic carbocycles. The van der Waals surface area contributed by atoms with Crippen LogP contribution in [0.2, 0.25) is 0 Å². The van der Waals surface area contributed by atoms with Crippen LogP contribution in [-0.4, -0.2) is 21.8 Å². The summed E-state index contributed by atoms with van der Waals surface area (Å²) in [6, 6.07) is -0.757. The molecule has 0 saturated carbocycles. The molecule has 0 fully saturated rings. The molecular formula is C7H9N3O3. The van der Waals surface area contributed by atoms with E-state index < -0.39 is 23.1 Å². The Morgan fingerprint density at radius 1 is 1.54 bits per heavy atom. The van der Waals surface area contributed by atoms with E-state index in [2.05, 4.69) is 4.98 Å². The quantitative estimate of drug-likeness (QED) is 0.489. The van der Waals surface area contributed by atoms with Crippen LogP contribution in [0.25, 0.3) is 0 Å². The van der Waals surface area contributed by atoms with Gasteiger partial charge in [0.25, 0.3) is 5.56 Å². The largest absolute Gasteiger partial charge is 0.325 e. The van der Waals surface area contributed by atoms with Crippen molar-refractivity contribution in [3.63, 3.8) is 0 Å². The average Bonchev–Trinajstić information content (AvgIpc) is 2.03. The van der Waals surface area contributed by atoms with Crippen LogP contribution in [0, 0.1) is 0 Å². The number of H-pyrrole nitrogens is 2. The molecule has 1 aromatic rings. The van der Waals surface area contributed by atoms with Crippen LogP contribution in [0.4, 0.5) is 0 Å². The molecule has 0 bridgehead atoms. The fourth-order valence-corrected chi connectivity index (χ4v) is 0.838. The summed E-state index contributed by atoms with van der Waals surface area (Å²) >= 11 is 0. The second kappa shape index (κ2) is 3.36. The maximum Gasteiger partial charge on any atom is 0.325 e. The van der Waals surface area contributed by atoms with Crippen LogP contribution in [-0.2, 0) is 0 Å². The molecule has 0 aliphatic rings. The van der Waals surface area contributed by atoms with E-state index in [9.17, 15) is 14.4 Å².